The molecule has 0 N–H and O–H groups in total. The highest BCUT2D eigenvalue weighted by molar-refractivity contribution is 5.84. The molecule has 0 saturated heterocycles. The van der Waals surface area contributed by atoms with Crippen LogP contribution in [0.4, 0.5) is 0 Å². The Bertz CT molecular complexity index is 789. The molecule has 1 aromatic carbocycles. The SMILES string of the molecule is CCC(CC)c1cc(C)cc(-c2cc3ccncc3cn2)c1. The van der Waals surface area contributed by atoms with Gasteiger partial charge in [0.1, 0.15) is 0 Å². The van der Waals surface area contributed by atoms with Gasteiger partial charge in [0.25, 0.3) is 0 Å². The zero-order valence-electron chi connectivity index (χ0n) is 13.5. The molecule has 0 fully saturated rings. The highest BCUT2D eigenvalue weighted by atomic mass is 14.7. The molecule has 0 saturated carbocycles. The molecule has 0 radical (unpaired) electrons. The zero-order valence-corrected chi connectivity index (χ0v) is 13.5. The smallest absolute Gasteiger partial charge is 0.0708 e. The molecule has 0 aliphatic carbocycles. The molecule has 3 aromatic rings. The number of nitrogens with zero attached hydrogens (tertiary/aromatic N) is 2. The Morgan fingerprint density at radius 2 is 1.77 bits per heavy atom. The van der Waals surface area contributed by atoms with E-state index in [-0.39, 0.29) is 0 Å². The Hall–Kier alpha value is -2.22. The number of aromatic nitrogens is 2. The lowest BCUT2D eigenvalue weighted by Gasteiger charge is -2.15. The summed E-state index contributed by atoms with van der Waals surface area (Å²) in [6.45, 7) is 6.69. The second kappa shape index (κ2) is 6.27. The van der Waals surface area contributed by atoms with Crippen molar-refractivity contribution in [2.24, 2.45) is 0 Å². The number of rotatable bonds is 4. The summed E-state index contributed by atoms with van der Waals surface area (Å²) in [5.74, 6) is 0.628. The predicted octanol–water partition coefficient (Wildman–Crippen LogP) is 5.51. The first-order valence-corrected chi connectivity index (χ1v) is 8.03. The summed E-state index contributed by atoms with van der Waals surface area (Å²) in [7, 11) is 0. The van der Waals surface area contributed by atoms with E-state index < -0.39 is 0 Å². The highest BCUT2D eigenvalue weighted by Gasteiger charge is 2.10. The molecular weight excluding hydrogens is 268 g/mol. The van der Waals surface area contributed by atoms with Crippen molar-refractivity contribution in [3.05, 3.63) is 60.0 Å². The van der Waals surface area contributed by atoms with E-state index in [4.69, 9.17) is 0 Å². The van der Waals surface area contributed by atoms with Crippen molar-refractivity contribution >= 4 is 10.8 Å². The van der Waals surface area contributed by atoms with Gasteiger partial charge in [0.15, 0.2) is 0 Å². The van der Waals surface area contributed by atoms with Gasteiger partial charge in [-0.3, -0.25) is 9.97 Å². The van der Waals surface area contributed by atoms with Crippen LogP contribution in [0.15, 0.2) is 48.9 Å². The standard InChI is InChI=1S/C20H22N2/c1-4-15(5-2)17-8-14(3)9-18(10-17)20-11-16-6-7-21-12-19(16)13-22-20/h6-13,15H,4-5H2,1-3H3. The monoisotopic (exact) mass is 290 g/mol. The molecule has 0 atom stereocenters. The maximum Gasteiger partial charge on any atom is 0.0708 e. The van der Waals surface area contributed by atoms with Crippen LogP contribution < -0.4 is 0 Å². The zero-order chi connectivity index (χ0) is 15.5. The third-order valence-electron chi connectivity index (χ3n) is 4.37. The van der Waals surface area contributed by atoms with E-state index >= 15 is 0 Å². The van der Waals surface area contributed by atoms with Gasteiger partial charge in [0.05, 0.1) is 5.69 Å². The third-order valence-corrected chi connectivity index (χ3v) is 4.37. The van der Waals surface area contributed by atoms with Crippen LogP contribution in [0.1, 0.15) is 43.7 Å². The van der Waals surface area contributed by atoms with Crippen molar-refractivity contribution in [2.75, 3.05) is 0 Å². The first-order chi connectivity index (χ1) is 10.7. The van der Waals surface area contributed by atoms with Crippen molar-refractivity contribution < 1.29 is 0 Å². The third kappa shape index (κ3) is 2.87. The van der Waals surface area contributed by atoms with E-state index in [1.165, 1.54) is 34.9 Å². The normalized spacial score (nSPS) is 11.3. The number of benzene rings is 1. The van der Waals surface area contributed by atoms with E-state index in [9.17, 15) is 0 Å². The second-order valence-corrected chi connectivity index (χ2v) is 5.94. The van der Waals surface area contributed by atoms with Crippen molar-refractivity contribution in [3.63, 3.8) is 0 Å². The maximum atomic E-state index is 4.63. The summed E-state index contributed by atoms with van der Waals surface area (Å²) < 4.78 is 0. The molecule has 0 spiro atoms. The molecule has 0 amide bonds. The van der Waals surface area contributed by atoms with Crippen LogP contribution in [0.25, 0.3) is 22.0 Å². The Kier molecular flexibility index (Phi) is 4.19. The van der Waals surface area contributed by atoms with E-state index in [0.29, 0.717) is 5.92 Å². The molecule has 0 unspecified atom stereocenters. The van der Waals surface area contributed by atoms with Gasteiger partial charge in [-0.25, -0.2) is 0 Å². The molecule has 0 bridgehead atoms. The summed E-state index contributed by atoms with van der Waals surface area (Å²) in [5, 5.41) is 2.27. The summed E-state index contributed by atoms with van der Waals surface area (Å²) in [6, 6.07) is 11.0. The fourth-order valence-corrected chi connectivity index (χ4v) is 3.09. The van der Waals surface area contributed by atoms with Crippen molar-refractivity contribution in [1.29, 1.82) is 0 Å². The average Bonchev–Trinajstić information content (AvgIpc) is 2.55. The minimum Gasteiger partial charge on any atom is -0.264 e. The quantitative estimate of drug-likeness (QED) is 0.633. The van der Waals surface area contributed by atoms with Crippen LogP contribution in [0.5, 0.6) is 0 Å². The largest absolute Gasteiger partial charge is 0.264 e. The molecule has 0 aliphatic rings. The molecule has 22 heavy (non-hydrogen) atoms. The van der Waals surface area contributed by atoms with E-state index in [2.05, 4.69) is 55.0 Å². The Balaban J connectivity index is 2.09. The highest BCUT2D eigenvalue weighted by Crippen LogP contribution is 2.29. The molecule has 2 nitrogen and oxygen atoms in total. The van der Waals surface area contributed by atoms with Gasteiger partial charge in [0.2, 0.25) is 0 Å². The number of hydrogen-bond acceptors (Lipinski definition) is 2. The molecule has 2 aromatic heterocycles. The number of pyridine rings is 2. The number of fused-ring (bicyclic) bond motifs is 1. The number of hydrogen-bond donors (Lipinski definition) is 0. The van der Waals surface area contributed by atoms with Gasteiger partial charge in [0, 0.05) is 29.5 Å². The van der Waals surface area contributed by atoms with Gasteiger partial charge in [-0.15, -0.1) is 0 Å². The van der Waals surface area contributed by atoms with E-state index in [0.717, 1.165) is 11.1 Å². The van der Waals surface area contributed by atoms with Gasteiger partial charge in [-0.1, -0.05) is 25.5 Å². The lowest BCUT2D eigenvalue weighted by Crippen LogP contribution is -1.97. The van der Waals surface area contributed by atoms with Gasteiger partial charge < -0.3 is 0 Å². The average molecular weight is 290 g/mol. The minimum absolute atomic E-state index is 0.628. The lowest BCUT2D eigenvalue weighted by atomic mass is 9.90. The molecule has 2 heteroatoms. The number of aryl methyl sites for hydroxylation is 1. The lowest BCUT2D eigenvalue weighted by molar-refractivity contribution is 0.641. The van der Waals surface area contributed by atoms with Gasteiger partial charge >= 0.3 is 0 Å². The van der Waals surface area contributed by atoms with Crippen molar-refractivity contribution in [3.8, 4) is 11.3 Å². The second-order valence-electron chi connectivity index (χ2n) is 5.94. The molecule has 2 heterocycles. The van der Waals surface area contributed by atoms with E-state index in [1.807, 2.05) is 24.7 Å². The fourth-order valence-electron chi connectivity index (χ4n) is 3.09. The first kappa shape index (κ1) is 14.7. The van der Waals surface area contributed by atoms with E-state index in [1.54, 1.807) is 0 Å². The van der Waals surface area contributed by atoms with Crippen LogP contribution in [0.3, 0.4) is 0 Å². The maximum absolute atomic E-state index is 4.63. The Labute approximate surface area is 132 Å². The Morgan fingerprint density at radius 1 is 0.955 bits per heavy atom. The Morgan fingerprint density at radius 3 is 2.55 bits per heavy atom. The summed E-state index contributed by atoms with van der Waals surface area (Å²) in [4.78, 5) is 8.78. The summed E-state index contributed by atoms with van der Waals surface area (Å²) in [6.07, 6.45) is 7.96. The molecule has 3 rings (SSSR count). The van der Waals surface area contributed by atoms with Gasteiger partial charge in [-0.2, -0.15) is 0 Å². The van der Waals surface area contributed by atoms with Crippen LogP contribution in [-0.2, 0) is 0 Å². The molecule has 0 aliphatic heterocycles. The van der Waals surface area contributed by atoms with Crippen LogP contribution in [0.2, 0.25) is 0 Å². The first-order valence-electron chi connectivity index (χ1n) is 8.03. The van der Waals surface area contributed by atoms with Crippen LogP contribution in [-0.4, -0.2) is 9.97 Å². The molecular formula is C20H22N2. The van der Waals surface area contributed by atoms with Crippen LogP contribution >= 0.6 is 0 Å². The topological polar surface area (TPSA) is 25.8 Å². The van der Waals surface area contributed by atoms with Crippen molar-refractivity contribution in [1.82, 2.24) is 9.97 Å². The summed E-state index contributed by atoms with van der Waals surface area (Å²) >= 11 is 0. The van der Waals surface area contributed by atoms with Crippen LogP contribution in [0, 0.1) is 6.92 Å². The summed E-state index contributed by atoms with van der Waals surface area (Å²) in [5.41, 5.74) is 4.97. The minimum atomic E-state index is 0.628. The molecule has 112 valence electrons. The fraction of sp³-hybridized carbons (Fsp3) is 0.300. The van der Waals surface area contributed by atoms with Gasteiger partial charge in [-0.05, 0) is 60.9 Å². The van der Waals surface area contributed by atoms with Crippen molar-refractivity contribution in [2.45, 2.75) is 39.5 Å². The predicted molar refractivity (Wildman–Crippen MR) is 93.0 cm³/mol.